The largest absolute Gasteiger partial charge is 0.130 e. The molecule has 0 amide bonds. The third-order valence-corrected chi connectivity index (χ3v) is 4.44. The molecule has 0 heterocycles. The van der Waals surface area contributed by atoms with Gasteiger partial charge in [0.2, 0.25) is 0 Å². The van der Waals surface area contributed by atoms with Crippen LogP contribution in [0.1, 0.15) is 45.6 Å². The summed E-state index contributed by atoms with van der Waals surface area (Å²) in [5, 5.41) is 0. The van der Waals surface area contributed by atoms with Crippen LogP contribution in [0.4, 0.5) is 0 Å². The normalized spacial score (nSPS) is 13.9. The average Bonchev–Trinajstić information content (AvgIpc) is 2.28. The zero-order valence-electron chi connectivity index (χ0n) is 10.5. The van der Waals surface area contributed by atoms with Gasteiger partial charge < -0.3 is 0 Å². The van der Waals surface area contributed by atoms with Crippen LogP contribution in [-0.2, 0) is 0 Å². The smallest absolute Gasteiger partial charge is 0.00693 e. The van der Waals surface area contributed by atoms with E-state index in [-0.39, 0.29) is 0 Å². The summed E-state index contributed by atoms with van der Waals surface area (Å²) in [6.45, 7) is 9.30. The minimum Gasteiger partial charge on any atom is -0.130 e. The van der Waals surface area contributed by atoms with Crippen molar-refractivity contribution < 1.29 is 0 Å². The first kappa shape index (κ1) is 12.6. The molecular weight excluding hydrogens is 200 g/mol. The summed E-state index contributed by atoms with van der Waals surface area (Å²) in [6.07, 6.45) is 3.34. The third kappa shape index (κ3) is 3.01. The van der Waals surface area contributed by atoms with E-state index in [1.165, 1.54) is 16.9 Å². The lowest BCUT2D eigenvalue weighted by molar-refractivity contribution is 0.289. The van der Waals surface area contributed by atoms with E-state index in [1.807, 2.05) is 0 Å². The molecule has 84 valence electrons. The molecule has 1 rings (SSSR count). The Hall–Kier alpha value is -0.430. The van der Waals surface area contributed by atoms with Gasteiger partial charge in [-0.1, -0.05) is 46.2 Å². The molecule has 1 unspecified atom stereocenters. The number of rotatable bonds is 4. The van der Waals surface area contributed by atoms with Crippen molar-refractivity contribution in [2.75, 3.05) is 6.26 Å². The molecular formula is C14H22S. The molecule has 0 aliphatic heterocycles. The third-order valence-electron chi connectivity index (χ3n) is 3.70. The van der Waals surface area contributed by atoms with Gasteiger partial charge in [0, 0.05) is 4.90 Å². The van der Waals surface area contributed by atoms with E-state index in [0.717, 1.165) is 0 Å². The molecule has 0 aliphatic rings. The molecule has 0 aliphatic carbocycles. The topological polar surface area (TPSA) is 0 Å². The van der Waals surface area contributed by atoms with Gasteiger partial charge in [-0.25, -0.2) is 0 Å². The van der Waals surface area contributed by atoms with E-state index >= 15 is 0 Å². The summed E-state index contributed by atoms with van der Waals surface area (Å²) >= 11 is 1.80. The van der Waals surface area contributed by atoms with Crippen LogP contribution < -0.4 is 0 Å². The fourth-order valence-electron chi connectivity index (χ4n) is 1.65. The van der Waals surface area contributed by atoms with E-state index in [9.17, 15) is 0 Å². The second kappa shape index (κ2) is 5.07. The van der Waals surface area contributed by atoms with Crippen LogP contribution in [0, 0.1) is 5.41 Å². The summed E-state index contributed by atoms with van der Waals surface area (Å²) < 4.78 is 0. The summed E-state index contributed by atoms with van der Waals surface area (Å²) in [5.74, 6) is 0.624. The lowest BCUT2D eigenvalue weighted by atomic mass is 9.74. The predicted molar refractivity (Wildman–Crippen MR) is 70.7 cm³/mol. The first-order valence-electron chi connectivity index (χ1n) is 5.65. The fraction of sp³-hybridized carbons (Fsp3) is 0.571. The van der Waals surface area contributed by atoms with Crippen LogP contribution in [0.15, 0.2) is 29.2 Å². The maximum atomic E-state index is 2.35. The Labute approximate surface area is 98.5 Å². The van der Waals surface area contributed by atoms with Gasteiger partial charge in [0.1, 0.15) is 0 Å². The SMILES string of the molecule is CCC(C)(C)C(C)c1ccc(SC)cc1. The van der Waals surface area contributed by atoms with Crippen molar-refractivity contribution >= 4 is 11.8 Å². The number of hydrogen-bond donors (Lipinski definition) is 0. The molecule has 0 N–H and O–H groups in total. The fourth-order valence-corrected chi connectivity index (χ4v) is 2.06. The molecule has 0 fully saturated rings. The molecule has 0 aromatic heterocycles. The molecule has 1 aromatic rings. The van der Waals surface area contributed by atoms with Gasteiger partial charge in [-0.3, -0.25) is 0 Å². The van der Waals surface area contributed by atoms with Crippen LogP contribution in [0.25, 0.3) is 0 Å². The monoisotopic (exact) mass is 222 g/mol. The Kier molecular flexibility index (Phi) is 4.27. The van der Waals surface area contributed by atoms with Gasteiger partial charge in [-0.05, 0) is 35.3 Å². The van der Waals surface area contributed by atoms with Crippen molar-refractivity contribution in [3.05, 3.63) is 29.8 Å². The van der Waals surface area contributed by atoms with Crippen LogP contribution in [-0.4, -0.2) is 6.26 Å². The Morgan fingerprint density at radius 2 is 1.73 bits per heavy atom. The average molecular weight is 222 g/mol. The van der Waals surface area contributed by atoms with E-state index in [4.69, 9.17) is 0 Å². The quantitative estimate of drug-likeness (QED) is 0.650. The minimum atomic E-state index is 0.390. The second-order valence-corrected chi connectivity index (χ2v) is 5.72. The van der Waals surface area contributed by atoms with Crippen LogP contribution in [0.5, 0.6) is 0 Å². The first-order chi connectivity index (χ1) is 7.01. The molecule has 0 spiro atoms. The summed E-state index contributed by atoms with van der Waals surface area (Å²) in [7, 11) is 0. The molecule has 1 atom stereocenters. The number of benzene rings is 1. The second-order valence-electron chi connectivity index (χ2n) is 4.84. The van der Waals surface area contributed by atoms with E-state index in [0.29, 0.717) is 11.3 Å². The summed E-state index contributed by atoms with van der Waals surface area (Å²) in [5.41, 5.74) is 1.85. The van der Waals surface area contributed by atoms with Gasteiger partial charge in [0.05, 0.1) is 0 Å². The zero-order chi connectivity index (χ0) is 11.5. The maximum absolute atomic E-state index is 2.35. The molecule has 15 heavy (non-hydrogen) atoms. The van der Waals surface area contributed by atoms with Gasteiger partial charge in [-0.15, -0.1) is 11.8 Å². The summed E-state index contributed by atoms with van der Waals surface area (Å²) in [4.78, 5) is 1.35. The molecule has 0 saturated carbocycles. The van der Waals surface area contributed by atoms with Crippen molar-refractivity contribution in [2.24, 2.45) is 5.41 Å². The predicted octanol–water partition coefficient (Wildman–Crippen LogP) is 4.95. The Morgan fingerprint density at radius 3 is 2.13 bits per heavy atom. The maximum Gasteiger partial charge on any atom is 0.00693 e. The Bertz CT molecular complexity index is 298. The molecule has 1 aromatic carbocycles. The standard InChI is InChI=1S/C14H22S/c1-6-14(3,4)11(2)12-7-9-13(15-5)10-8-12/h7-11H,6H2,1-5H3. The highest BCUT2D eigenvalue weighted by Gasteiger charge is 2.24. The van der Waals surface area contributed by atoms with Gasteiger partial charge in [-0.2, -0.15) is 0 Å². The molecule has 0 bridgehead atoms. The van der Waals surface area contributed by atoms with Crippen molar-refractivity contribution in [3.8, 4) is 0 Å². The lowest BCUT2D eigenvalue weighted by Gasteiger charge is -2.31. The molecule has 0 saturated heterocycles. The highest BCUT2D eigenvalue weighted by Crippen LogP contribution is 2.38. The zero-order valence-corrected chi connectivity index (χ0v) is 11.3. The minimum absolute atomic E-state index is 0.390. The molecule has 0 nitrogen and oxygen atoms in total. The highest BCUT2D eigenvalue weighted by atomic mass is 32.2. The first-order valence-corrected chi connectivity index (χ1v) is 6.87. The summed E-state index contributed by atoms with van der Waals surface area (Å²) in [6, 6.07) is 8.99. The molecule has 1 heteroatoms. The van der Waals surface area contributed by atoms with Gasteiger partial charge >= 0.3 is 0 Å². The van der Waals surface area contributed by atoms with Gasteiger partial charge in [0.15, 0.2) is 0 Å². The van der Waals surface area contributed by atoms with Crippen molar-refractivity contribution in [3.63, 3.8) is 0 Å². The van der Waals surface area contributed by atoms with Crippen molar-refractivity contribution in [1.82, 2.24) is 0 Å². The number of hydrogen-bond acceptors (Lipinski definition) is 1. The highest BCUT2D eigenvalue weighted by molar-refractivity contribution is 7.98. The Morgan fingerprint density at radius 1 is 1.20 bits per heavy atom. The molecule has 0 radical (unpaired) electrons. The van der Waals surface area contributed by atoms with Gasteiger partial charge in [0.25, 0.3) is 0 Å². The Balaban J connectivity index is 2.87. The lowest BCUT2D eigenvalue weighted by Crippen LogP contribution is -2.18. The van der Waals surface area contributed by atoms with Crippen molar-refractivity contribution in [2.45, 2.75) is 44.9 Å². The van der Waals surface area contributed by atoms with Crippen LogP contribution >= 0.6 is 11.8 Å². The van der Waals surface area contributed by atoms with E-state index in [2.05, 4.69) is 58.2 Å². The van der Waals surface area contributed by atoms with E-state index < -0.39 is 0 Å². The van der Waals surface area contributed by atoms with E-state index in [1.54, 1.807) is 11.8 Å². The van der Waals surface area contributed by atoms with Crippen molar-refractivity contribution in [1.29, 1.82) is 0 Å². The van der Waals surface area contributed by atoms with Crippen LogP contribution in [0.3, 0.4) is 0 Å². The number of thioether (sulfide) groups is 1. The van der Waals surface area contributed by atoms with Crippen LogP contribution in [0.2, 0.25) is 0 Å².